The zero-order valence-corrected chi connectivity index (χ0v) is 9.19. The van der Waals surface area contributed by atoms with E-state index in [1.165, 1.54) is 19.3 Å². The van der Waals surface area contributed by atoms with Crippen molar-refractivity contribution < 1.29 is 0 Å². The fraction of sp³-hybridized carbons (Fsp3) is 1.00. The van der Waals surface area contributed by atoms with Gasteiger partial charge in [-0.15, -0.1) is 0 Å². The normalized spacial score (nSPS) is 44.0. The fourth-order valence-corrected chi connectivity index (χ4v) is 2.81. The first-order chi connectivity index (χ1) is 5.76. The monoisotopic (exact) mass is 168 g/mol. The molecule has 0 radical (unpaired) electrons. The summed E-state index contributed by atoms with van der Waals surface area (Å²) < 4.78 is 0. The Labute approximate surface area is 77.7 Å². The van der Waals surface area contributed by atoms with Gasteiger partial charge in [-0.1, -0.05) is 47.0 Å². The lowest BCUT2D eigenvalue weighted by Crippen LogP contribution is -2.22. The van der Waals surface area contributed by atoms with Gasteiger partial charge in [0, 0.05) is 0 Å². The van der Waals surface area contributed by atoms with Gasteiger partial charge >= 0.3 is 0 Å². The standard InChI is InChI=1S/C10H18.C2H6/c1-3-10(2)6-4-5-8-7-9(8)10;1-2/h8-9H,3-7H2,1-2H3;1-2H3. The fourth-order valence-electron chi connectivity index (χ4n) is 2.81. The molecule has 0 nitrogen and oxygen atoms in total. The smallest absolute Gasteiger partial charge is 0.0297 e. The molecule has 0 heterocycles. The van der Waals surface area contributed by atoms with Gasteiger partial charge in [-0.05, 0) is 30.1 Å². The molecule has 0 aromatic rings. The highest BCUT2D eigenvalue weighted by Crippen LogP contribution is 2.60. The molecule has 0 heteroatoms. The molecule has 2 rings (SSSR count). The molecule has 0 aromatic heterocycles. The number of hydrogen-bond donors (Lipinski definition) is 0. The van der Waals surface area contributed by atoms with E-state index in [9.17, 15) is 0 Å². The van der Waals surface area contributed by atoms with E-state index >= 15 is 0 Å². The van der Waals surface area contributed by atoms with Crippen LogP contribution in [0, 0.1) is 17.3 Å². The zero-order chi connectivity index (χ0) is 9.19. The molecule has 2 aliphatic carbocycles. The summed E-state index contributed by atoms with van der Waals surface area (Å²) in [6.07, 6.45) is 7.52. The van der Waals surface area contributed by atoms with E-state index < -0.39 is 0 Å². The third kappa shape index (κ3) is 1.67. The maximum atomic E-state index is 2.50. The number of fused-ring (bicyclic) bond motifs is 1. The van der Waals surface area contributed by atoms with Gasteiger partial charge in [-0.2, -0.15) is 0 Å². The molecule has 12 heavy (non-hydrogen) atoms. The van der Waals surface area contributed by atoms with Crippen LogP contribution < -0.4 is 0 Å². The Morgan fingerprint density at radius 1 is 1.33 bits per heavy atom. The summed E-state index contributed by atoms with van der Waals surface area (Å²) in [4.78, 5) is 0. The largest absolute Gasteiger partial charge is 0.0683 e. The average molecular weight is 168 g/mol. The Hall–Kier alpha value is 0. The highest BCUT2D eigenvalue weighted by molar-refractivity contribution is 5.00. The van der Waals surface area contributed by atoms with E-state index in [0.717, 1.165) is 17.3 Å². The molecule has 0 aromatic carbocycles. The van der Waals surface area contributed by atoms with Crippen LogP contribution in [-0.2, 0) is 0 Å². The summed E-state index contributed by atoms with van der Waals surface area (Å²) in [5.74, 6) is 2.28. The molecule has 0 bridgehead atoms. The van der Waals surface area contributed by atoms with Crippen molar-refractivity contribution in [3.05, 3.63) is 0 Å². The molecule has 0 N–H and O–H groups in total. The third-order valence-corrected chi connectivity index (χ3v) is 3.95. The van der Waals surface area contributed by atoms with Crippen molar-refractivity contribution in [1.82, 2.24) is 0 Å². The highest BCUT2D eigenvalue weighted by atomic mass is 14.6. The molecule has 0 amide bonds. The summed E-state index contributed by atoms with van der Waals surface area (Å²) >= 11 is 0. The first kappa shape index (κ1) is 10.1. The van der Waals surface area contributed by atoms with Crippen molar-refractivity contribution in [2.24, 2.45) is 17.3 Å². The van der Waals surface area contributed by atoms with E-state index in [2.05, 4.69) is 13.8 Å². The Kier molecular flexibility index (Phi) is 3.20. The highest BCUT2D eigenvalue weighted by Gasteiger charge is 2.50. The van der Waals surface area contributed by atoms with Crippen molar-refractivity contribution >= 4 is 0 Å². The van der Waals surface area contributed by atoms with E-state index in [1.54, 1.807) is 12.8 Å². The molecule has 3 unspecified atom stereocenters. The van der Waals surface area contributed by atoms with Gasteiger partial charge in [0.25, 0.3) is 0 Å². The van der Waals surface area contributed by atoms with Crippen molar-refractivity contribution in [3.8, 4) is 0 Å². The van der Waals surface area contributed by atoms with Gasteiger partial charge in [0.05, 0.1) is 0 Å². The molecule has 0 spiro atoms. The third-order valence-electron chi connectivity index (χ3n) is 3.95. The summed E-state index contributed by atoms with van der Waals surface area (Å²) in [5.41, 5.74) is 0.753. The van der Waals surface area contributed by atoms with Gasteiger partial charge in [0.1, 0.15) is 0 Å². The second-order valence-electron chi connectivity index (χ2n) is 4.50. The molecule has 2 saturated carbocycles. The molecular weight excluding hydrogens is 144 g/mol. The van der Waals surface area contributed by atoms with E-state index in [0.29, 0.717) is 0 Å². The molecule has 0 saturated heterocycles. The summed E-state index contributed by atoms with van der Waals surface area (Å²) in [6.45, 7) is 8.86. The summed E-state index contributed by atoms with van der Waals surface area (Å²) in [6, 6.07) is 0. The minimum Gasteiger partial charge on any atom is -0.0683 e. The Bertz CT molecular complexity index is 139. The number of hydrogen-bond acceptors (Lipinski definition) is 0. The predicted molar refractivity (Wildman–Crippen MR) is 55.2 cm³/mol. The lowest BCUT2D eigenvalue weighted by atomic mass is 9.73. The van der Waals surface area contributed by atoms with Gasteiger partial charge in [0.15, 0.2) is 0 Å². The van der Waals surface area contributed by atoms with Crippen LogP contribution in [0.15, 0.2) is 0 Å². The van der Waals surface area contributed by atoms with Crippen LogP contribution in [0.2, 0.25) is 0 Å². The van der Waals surface area contributed by atoms with Crippen LogP contribution in [0.4, 0.5) is 0 Å². The van der Waals surface area contributed by atoms with Crippen molar-refractivity contribution in [2.45, 2.75) is 59.8 Å². The first-order valence-electron chi connectivity index (χ1n) is 5.76. The molecule has 3 atom stereocenters. The van der Waals surface area contributed by atoms with Crippen LogP contribution in [0.3, 0.4) is 0 Å². The average Bonchev–Trinajstić information content (AvgIpc) is 2.89. The second-order valence-corrected chi connectivity index (χ2v) is 4.50. The van der Waals surface area contributed by atoms with Crippen LogP contribution in [0.25, 0.3) is 0 Å². The molecule has 72 valence electrons. The Balaban J connectivity index is 0.000000336. The minimum atomic E-state index is 0.753. The van der Waals surface area contributed by atoms with Crippen LogP contribution in [0.1, 0.15) is 59.8 Å². The lowest BCUT2D eigenvalue weighted by molar-refractivity contribution is 0.185. The lowest BCUT2D eigenvalue weighted by Gasteiger charge is -2.32. The molecule has 2 fully saturated rings. The minimum absolute atomic E-state index is 0.753. The number of rotatable bonds is 1. The van der Waals surface area contributed by atoms with Crippen molar-refractivity contribution in [3.63, 3.8) is 0 Å². The second kappa shape index (κ2) is 3.81. The predicted octanol–water partition coefficient (Wildman–Crippen LogP) is 4.25. The molecule has 2 aliphatic rings. The maximum Gasteiger partial charge on any atom is -0.0297 e. The van der Waals surface area contributed by atoms with Crippen LogP contribution in [-0.4, -0.2) is 0 Å². The van der Waals surface area contributed by atoms with E-state index in [4.69, 9.17) is 0 Å². The molecule has 0 aliphatic heterocycles. The van der Waals surface area contributed by atoms with Gasteiger partial charge in [-0.25, -0.2) is 0 Å². The van der Waals surface area contributed by atoms with E-state index in [1.807, 2.05) is 13.8 Å². The van der Waals surface area contributed by atoms with Crippen LogP contribution in [0.5, 0.6) is 0 Å². The zero-order valence-electron chi connectivity index (χ0n) is 9.19. The first-order valence-corrected chi connectivity index (χ1v) is 5.76. The molecular formula is C12H24. The van der Waals surface area contributed by atoms with E-state index in [-0.39, 0.29) is 0 Å². The summed E-state index contributed by atoms with van der Waals surface area (Å²) in [7, 11) is 0. The van der Waals surface area contributed by atoms with Gasteiger partial charge < -0.3 is 0 Å². The SMILES string of the molecule is CC.CCC1(C)CCCC2CC21. The topological polar surface area (TPSA) is 0 Å². The Morgan fingerprint density at radius 3 is 2.50 bits per heavy atom. The van der Waals surface area contributed by atoms with Gasteiger partial charge in [0.2, 0.25) is 0 Å². The summed E-state index contributed by atoms with van der Waals surface area (Å²) in [5, 5.41) is 0. The van der Waals surface area contributed by atoms with Crippen molar-refractivity contribution in [2.75, 3.05) is 0 Å². The van der Waals surface area contributed by atoms with Crippen molar-refractivity contribution in [1.29, 1.82) is 0 Å². The maximum absolute atomic E-state index is 2.50. The van der Waals surface area contributed by atoms with Gasteiger partial charge in [-0.3, -0.25) is 0 Å². The van der Waals surface area contributed by atoms with Crippen LogP contribution >= 0.6 is 0 Å². The quantitative estimate of drug-likeness (QED) is 0.549. The Morgan fingerprint density at radius 2 is 2.00 bits per heavy atom.